The Hall–Kier alpha value is -1.82. The number of amides is 1. The molecule has 0 radical (unpaired) electrons. The van der Waals surface area contributed by atoms with E-state index in [2.05, 4.69) is 22.8 Å². The predicted molar refractivity (Wildman–Crippen MR) is 106 cm³/mol. The zero-order valence-electron chi connectivity index (χ0n) is 14.9. The zero-order chi connectivity index (χ0) is 17.6. The highest BCUT2D eigenvalue weighted by atomic mass is 32.2. The molecule has 1 aliphatic heterocycles. The summed E-state index contributed by atoms with van der Waals surface area (Å²) in [4.78, 5) is 16.3. The second-order valence-corrected chi connectivity index (χ2v) is 7.67. The first kappa shape index (κ1) is 18.0. The van der Waals surface area contributed by atoms with Crippen LogP contribution in [0.3, 0.4) is 0 Å². The van der Waals surface area contributed by atoms with Gasteiger partial charge in [0, 0.05) is 17.9 Å². The van der Waals surface area contributed by atoms with Gasteiger partial charge in [0.1, 0.15) is 0 Å². The van der Waals surface area contributed by atoms with Crippen molar-refractivity contribution in [3.8, 4) is 0 Å². The molecule has 1 aliphatic carbocycles. The Labute approximate surface area is 153 Å². The molecule has 2 atom stereocenters. The summed E-state index contributed by atoms with van der Waals surface area (Å²) in [5, 5.41) is 8.30. The molecule has 25 heavy (non-hydrogen) atoms. The van der Waals surface area contributed by atoms with Crippen LogP contribution in [0.1, 0.15) is 51.5 Å². The minimum atomic E-state index is 0.0257. The van der Waals surface area contributed by atoms with Crippen molar-refractivity contribution in [3.63, 3.8) is 0 Å². The number of carbonyl (C=O) groups is 1. The molecule has 6 heteroatoms. The van der Waals surface area contributed by atoms with Gasteiger partial charge in [-0.25, -0.2) is 0 Å². The van der Waals surface area contributed by atoms with Gasteiger partial charge in [-0.05, 0) is 36.5 Å². The average molecular weight is 359 g/mol. The fraction of sp³-hybridized carbons (Fsp3) is 0.526. The van der Waals surface area contributed by atoms with Crippen LogP contribution in [-0.2, 0) is 4.79 Å². The molecule has 1 heterocycles. The van der Waals surface area contributed by atoms with Crippen LogP contribution >= 0.6 is 11.8 Å². The minimum Gasteiger partial charge on any atom is -0.326 e. The van der Waals surface area contributed by atoms with E-state index in [4.69, 9.17) is 4.99 Å². The van der Waals surface area contributed by atoms with Crippen molar-refractivity contribution in [1.82, 2.24) is 5.43 Å². The first-order chi connectivity index (χ1) is 12.2. The summed E-state index contributed by atoms with van der Waals surface area (Å²) in [6.45, 7) is 4.14. The van der Waals surface area contributed by atoms with E-state index in [0.717, 1.165) is 27.9 Å². The van der Waals surface area contributed by atoms with Crippen LogP contribution in [-0.4, -0.2) is 28.6 Å². The maximum absolute atomic E-state index is 11.4. The summed E-state index contributed by atoms with van der Waals surface area (Å²) in [7, 11) is 0. The van der Waals surface area contributed by atoms with Crippen LogP contribution in [0.15, 0.2) is 34.4 Å². The molecular formula is C19H26N4OS. The van der Waals surface area contributed by atoms with E-state index >= 15 is 0 Å². The summed E-state index contributed by atoms with van der Waals surface area (Å²) in [6, 6.07) is 8.27. The van der Waals surface area contributed by atoms with Gasteiger partial charge in [-0.1, -0.05) is 50.6 Å². The third kappa shape index (κ3) is 4.84. The quantitative estimate of drug-likeness (QED) is 0.854. The summed E-state index contributed by atoms with van der Waals surface area (Å²) in [5.41, 5.74) is 6.02. The lowest BCUT2D eigenvalue weighted by atomic mass is 9.86. The molecule has 1 saturated carbocycles. The van der Waals surface area contributed by atoms with Gasteiger partial charge in [0.2, 0.25) is 5.91 Å². The van der Waals surface area contributed by atoms with Crippen LogP contribution in [0.25, 0.3) is 0 Å². The fourth-order valence-electron chi connectivity index (χ4n) is 3.17. The highest BCUT2D eigenvalue weighted by Crippen LogP contribution is 2.27. The minimum absolute atomic E-state index is 0.0257. The molecule has 0 bridgehead atoms. The van der Waals surface area contributed by atoms with Gasteiger partial charge in [-0.2, -0.15) is 5.10 Å². The van der Waals surface area contributed by atoms with Gasteiger partial charge in [0.05, 0.1) is 11.8 Å². The number of hydrazone groups is 1. The highest BCUT2D eigenvalue weighted by Gasteiger charge is 2.22. The van der Waals surface area contributed by atoms with Gasteiger partial charge < -0.3 is 5.32 Å². The van der Waals surface area contributed by atoms with Gasteiger partial charge in [0.15, 0.2) is 5.17 Å². The van der Waals surface area contributed by atoms with Crippen molar-refractivity contribution < 1.29 is 4.79 Å². The molecule has 0 saturated heterocycles. The molecule has 0 unspecified atom stereocenters. The molecule has 5 nitrogen and oxygen atoms in total. The molecule has 1 fully saturated rings. The van der Waals surface area contributed by atoms with Gasteiger partial charge in [0.25, 0.3) is 0 Å². The Morgan fingerprint density at radius 3 is 2.72 bits per heavy atom. The van der Waals surface area contributed by atoms with Crippen LogP contribution in [0.5, 0.6) is 0 Å². The number of hydrogen-bond acceptors (Lipinski definition) is 4. The lowest BCUT2D eigenvalue weighted by molar-refractivity contribution is -0.115. The van der Waals surface area contributed by atoms with Crippen molar-refractivity contribution in [2.75, 3.05) is 11.1 Å². The van der Waals surface area contributed by atoms with Crippen molar-refractivity contribution >= 4 is 34.2 Å². The number of rotatable bonds is 4. The van der Waals surface area contributed by atoms with Gasteiger partial charge in [-0.15, -0.1) is 0 Å². The maximum Gasteiger partial charge on any atom is 0.224 e. The Kier molecular flexibility index (Phi) is 6.13. The average Bonchev–Trinajstić information content (AvgIpc) is 2.65. The number of nitrogens with one attached hydrogen (secondary N) is 2. The lowest BCUT2D eigenvalue weighted by Gasteiger charge is -2.26. The molecule has 3 rings (SSSR count). The number of amidine groups is 1. The van der Waals surface area contributed by atoms with Crippen LogP contribution in [0.2, 0.25) is 0 Å². The Morgan fingerprint density at radius 1 is 1.32 bits per heavy atom. The van der Waals surface area contributed by atoms with E-state index in [1.54, 1.807) is 11.8 Å². The Balaban J connectivity index is 1.61. The third-order valence-electron chi connectivity index (χ3n) is 4.80. The second-order valence-electron chi connectivity index (χ2n) is 6.70. The predicted octanol–water partition coefficient (Wildman–Crippen LogP) is 4.01. The fourth-order valence-corrected chi connectivity index (χ4v) is 3.99. The summed E-state index contributed by atoms with van der Waals surface area (Å²) < 4.78 is 0. The molecule has 2 N–H and O–H groups in total. The molecule has 2 aliphatic rings. The van der Waals surface area contributed by atoms with E-state index in [-0.39, 0.29) is 5.91 Å². The number of anilines is 1. The van der Waals surface area contributed by atoms with E-state index in [1.807, 2.05) is 31.2 Å². The van der Waals surface area contributed by atoms with E-state index in [1.165, 1.54) is 25.7 Å². The summed E-state index contributed by atoms with van der Waals surface area (Å²) in [6.07, 6.45) is 5.57. The number of nitrogens with zero attached hydrogens (tertiary/aromatic N) is 2. The number of benzene rings is 1. The second kappa shape index (κ2) is 8.52. The Morgan fingerprint density at radius 2 is 2.08 bits per heavy atom. The molecule has 134 valence electrons. The van der Waals surface area contributed by atoms with Crippen LogP contribution in [0.4, 0.5) is 5.69 Å². The number of hydrogen-bond donors (Lipinski definition) is 2. The Bertz CT molecular complexity index is 669. The standard InChI is InChI=1S/C19H26N4OS/c1-3-18(24)20-15-10-8-14(9-11-15)17-12-25-19(23-22-17)21-16-7-5-4-6-13(16)2/h8-11,13,16H,3-7,12H2,1-2H3,(H,20,24)(H,21,23)/t13-,16+/m0/s1. The zero-order valence-corrected chi connectivity index (χ0v) is 15.7. The molecule has 0 aromatic heterocycles. The molecular weight excluding hydrogens is 332 g/mol. The lowest BCUT2D eigenvalue weighted by Crippen LogP contribution is -2.29. The van der Waals surface area contributed by atoms with E-state index in [9.17, 15) is 4.79 Å². The van der Waals surface area contributed by atoms with Gasteiger partial charge in [-0.3, -0.25) is 15.2 Å². The monoisotopic (exact) mass is 358 g/mol. The summed E-state index contributed by atoms with van der Waals surface area (Å²) >= 11 is 1.72. The molecule has 1 aromatic carbocycles. The SMILES string of the molecule is CCC(=O)Nc1ccc(C2=NNC(=N[C@@H]3CCCC[C@@H]3C)SC2)cc1. The maximum atomic E-state index is 11.4. The van der Waals surface area contributed by atoms with Crippen LogP contribution < -0.4 is 10.7 Å². The largest absolute Gasteiger partial charge is 0.326 e. The number of aliphatic imine (C=N–C) groups is 1. The van der Waals surface area contributed by atoms with Gasteiger partial charge >= 0.3 is 0 Å². The smallest absolute Gasteiger partial charge is 0.224 e. The van der Waals surface area contributed by atoms with E-state index in [0.29, 0.717) is 18.4 Å². The van der Waals surface area contributed by atoms with Crippen LogP contribution in [0, 0.1) is 5.92 Å². The number of carbonyl (C=O) groups excluding carboxylic acids is 1. The topological polar surface area (TPSA) is 65.8 Å². The van der Waals surface area contributed by atoms with Crippen molar-refractivity contribution in [2.45, 2.75) is 52.0 Å². The van der Waals surface area contributed by atoms with Crippen molar-refractivity contribution in [3.05, 3.63) is 29.8 Å². The molecule has 1 amide bonds. The van der Waals surface area contributed by atoms with Crippen molar-refractivity contribution in [1.29, 1.82) is 0 Å². The summed E-state index contributed by atoms with van der Waals surface area (Å²) in [5.74, 6) is 1.51. The third-order valence-corrected chi connectivity index (χ3v) is 5.69. The number of thioether (sulfide) groups is 1. The molecule has 0 spiro atoms. The normalized spacial score (nSPS) is 25.2. The first-order valence-corrected chi connectivity index (χ1v) is 10.1. The van der Waals surface area contributed by atoms with Crippen molar-refractivity contribution in [2.24, 2.45) is 16.0 Å². The first-order valence-electron chi connectivity index (χ1n) is 9.09. The highest BCUT2D eigenvalue weighted by molar-refractivity contribution is 8.14. The van der Waals surface area contributed by atoms with E-state index < -0.39 is 0 Å². The molecule has 1 aromatic rings.